The van der Waals surface area contributed by atoms with Gasteiger partial charge in [-0.05, 0) is 64.1 Å². The van der Waals surface area contributed by atoms with E-state index in [1.54, 1.807) is 12.1 Å². The third kappa shape index (κ3) is 24.5. The van der Waals surface area contributed by atoms with Gasteiger partial charge < -0.3 is 65.0 Å². The molecule has 32 nitrogen and oxygen atoms in total. The molecule has 0 aliphatic carbocycles. The first-order valence-corrected chi connectivity index (χ1v) is 31.4. The first-order valence-electron chi connectivity index (χ1n) is 22.4. The molecule has 1 aliphatic rings. The number of aromatic nitrogens is 2. The highest BCUT2D eigenvalue weighted by molar-refractivity contribution is 7.72. The second-order valence-electron chi connectivity index (χ2n) is 15.9. The fourth-order valence-electron chi connectivity index (χ4n) is 6.50. The summed E-state index contributed by atoms with van der Waals surface area (Å²) in [6, 6.07) is 3.14. The van der Waals surface area contributed by atoms with Crippen LogP contribution in [0.4, 0.5) is 0 Å². The molecule has 428 valence electrons. The number of unbranched alkanes of at least 4 members (excludes halogenated alkanes) is 5. The lowest BCUT2D eigenvalue weighted by Crippen LogP contribution is -2.33. The predicted octanol–water partition coefficient (Wildman–Crippen LogP) is 2.79. The normalized spacial score (nSPS) is 20.2. The fraction of sp³-hybridized carbons (Fsp3) is 0.579. The molecule has 1 saturated heterocycles. The number of nitrogens with two attached hydrogens (primary N) is 1. The highest BCUT2D eigenvalue weighted by atomic mass is 31.3. The molecule has 1 fully saturated rings. The number of benzene rings is 1. The predicted molar refractivity (Wildman–Crippen MR) is 262 cm³/mol. The second-order valence-corrected chi connectivity index (χ2v) is 25.3. The number of phosphoric acid groups is 6. The van der Waals surface area contributed by atoms with E-state index in [9.17, 15) is 81.0 Å². The standard InChI is InChI=1S/C38H59N5O27P6/c1-4-19-61-31-22-28(23-32(62-20-5-2)29(31)14-13-16-39)37(47)41-18-11-8-9-15-34(45)40-17-10-6-7-12-21-63-71(49,50)66-73(53,54)68-75(57,58)70-76(59,60)69-74(55,56)67-72(51,52)64-26-33-30(44)24-35(65-33)43-25-27(3)36(46)42-38(43)48/h1-2,22-23,25,30,33,35,44H,6-21,24,26,39H2,3H3,(H,40,45)(H,41,47)(H,49,50)(H,51,52)(H,53,54)(H,55,56)(H,57,58)(H,59,60)(H,42,46,48)/t30-,33-,35-/m1/s1. The lowest BCUT2D eigenvalue weighted by atomic mass is 10.0. The van der Waals surface area contributed by atoms with Gasteiger partial charge in [-0.15, -0.1) is 12.8 Å². The zero-order valence-electron chi connectivity index (χ0n) is 40.4. The summed E-state index contributed by atoms with van der Waals surface area (Å²) in [4.78, 5) is 110. The lowest BCUT2D eigenvalue weighted by molar-refractivity contribution is -0.121. The maximum Gasteiger partial charge on any atom is 0.490 e. The van der Waals surface area contributed by atoms with Crippen molar-refractivity contribution in [3.8, 4) is 36.2 Å². The molecule has 0 spiro atoms. The number of carbonyl (C=O) groups is 2. The van der Waals surface area contributed by atoms with Crippen LogP contribution in [0.2, 0.25) is 0 Å². The molecule has 6 unspecified atom stereocenters. The molecule has 1 aromatic heterocycles. The Morgan fingerprint density at radius 1 is 0.750 bits per heavy atom. The largest absolute Gasteiger partial charge is 0.490 e. The Labute approximate surface area is 433 Å². The molecule has 1 aromatic carbocycles. The third-order valence-electron chi connectivity index (χ3n) is 9.79. The van der Waals surface area contributed by atoms with Crippen LogP contribution in [-0.4, -0.2) is 114 Å². The minimum atomic E-state index is -6.52. The van der Waals surface area contributed by atoms with Crippen molar-refractivity contribution in [1.82, 2.24) is 20.2 Å². The number of terminal acetylenes is 2. The molecule has 9 atom stereocenters. The number of aryl methyl sites for hydroxylation is 1. The maximum absolute atomic E-state index is 13.0. The Balaban J connectivity index is 1.31. The summed E-state index contributed by atoms with van der Waals surface area (Å²) in [7, 11) is -37.1. The van der Waals surface area contributed by atoms with Crippen molar-refractivity contribution in [3.63, 3.8) is 0 Å². The molecule has 1 aliphatic heterocycles. The van der Waals surface area contributed by atoms with Crippen LogP contribution in [0.5, 0.6) is 11.5 Å². The van der Waals surface area contributed by atoms with Crippen molar-refractivity contribution in [3.05, 3.63) is 55.9 Å². The van der Waals surface area contributed by atoms with Crippen LogP contribution in [0.1, 0.15) is 91.9 Å². The van der Waals surface area contributed by atoms with E-state index in [-0.39, 0.29) is 62.0 Å². The maximum atomic E-state index is 13.0. The van der Waals surface area contributed by atoms with Gasteiger partial charge in [0.1, 0.15) is 37.0 Å². The van der Waals surface area contributed by atoms with Crippen molar-refractivity contribution in [2.24, 2.45) is 5.73 Å². The Kier molecular flexibility index (Phi) is 26.8. The highest BCUT2D eigenvalue weighted by Gasteiger charge is 2.50. The molecule has 12 N–H and O–H groups in total. The van der Waals surface area contributed by atoms with E-state index < -0.39 is 89.8 Å². The molecule has 0 radical (unpaired) electrons. The quantitative estimate of drug-likeness (QED) is 0.0265. The summed E-state index contributed by atoms with van der Waals surface area (Å²) >= 11 is 0. The van der Waals surface area contributed by atoms with Gasteiger partial charge in [0.2, 0.25) is 5.91 Å². The zero-order valence-corrected chi connectivity index (χ0v) is 45.7. The van der Waals surface area contributed by atoms with E-state index >= 15 is 0 Å². The number of aliphatic hydroxyl groups is 1. The minimum absolute atomic E-state index is 0.0353. The van der Waals surface area contributed by atoms with E-state index in [0.29, 0.717) is 81.5 Å². The Morgan fingerprint density at radius 3 is 1.79 bits per heavy atom. The van der Waals surface area contributed by atoms with Gasteiger partial charge in [0.25, 0.3) is 11.5 Å². The minimum Gasteiger partial charge on any atom is -0.481 e. The van der Waals surface area contributed by atoms with E-state index in [0.717, 1.165) is 10.8 Å². The summed E-state index contributed by atoms with van der Waals surface area (Å²) in [6.45, 7) is 0.568. The number of hydrogen-bond acceptors (Lipinski definition) is 22. The van der Waals surface area contributed by atoms with Crippen LogP contribution in [0.3, 0.4) is 0 Å². The number of aliphatic hydroxyl groups excluding tert-OH is 1. The number of rotatable bonds is 36. The number of ether oxygens (including phenoxy) is 3. The van der Waals surface area contributed by atoms with Crippen LogP contribution in [-0.2, 0) is 73.9 Å². The van der Waals surface area contributed by atoms with Crippen molar-refractivity contribution < 1.29 is 116 Å². The number of carbonyl (C=O) groups excluding carboxylic acids is 2. The van der Waals surface area contributed by atoms with Crippen molar-refractivity contribution in [2.75, 3.05) is 46.1 Å². The SMILES string of the molecule is C#CCOc1cc(C(=O)NCCCCCC(=O)NCCCCCCOP(=O)(O)OP(=O)(O)OP(=O)(O)OP(=O)(O)OP(=O)(O)OP(=O)(O)OC[C@H]2O[C@@H](n3cc(C)c(=O)[nH]c3=O)C[C@H]2O)cc(OCC#C)c1CCCN. The van der Waals surface area contributed by atoms with Crippen LogP contribution < -0.4 is 37.1 Å². The van der Waals surface area contributed by atoms with Gasteiger partial charge in [-0.25, -0.2) is 32.2 Å². The summed E-state index contributed by atoms with van der Waals surface area (Å²) in [6.07, 6.45) is 11.5. The number of H-pyrrole nitrogens is 1. The van der Waals surface area contributed by atoms with Crippen molar-refractivity contribution in [2.45, 2.75) is 96.0 Å². The van der Waals surface area contributed by atoms with Gasteiger partial charge in [0, 0.05) is 48.8 Å². The number of phosphoric ester groups is 2. The van der Waals surface area contributed by atoms with Crippen molar-refractivity contribution in [1.29, 1.82) is 0 Å². The molecule has 2 amide bonds. The molecule has 38 heteroatoms. The topological polar surface area (TPSA) is 475 Å². The van der Waals surface area contributed by atoms with Gasteiger partial charge in [0.05, 0.1) is 19.3 Å². The van der Waals surface area contributed by atoms with E-state index in [1.165, 1.54) is 6.92 Å². The fourth-order valence-corrected chi connectivity index (χ4v) is 14.3. The number of nitrogens with zero attached hydrogens (tertiary/aromatic N) is 1. The van der Waals surface area contributed by atoms with Crippen molar-refractivity contribution >= 4 is 58.8 Å². The number of hydrogen-bond donors (Lipinski definition) is 11. The Hall–Kier alpha value is -3.70. The smallest absolute Gasteiger partial charge is 0.481 e. The molecule has 0 saturated carbocycles. The van der Waals surface area contributed by atoms with E-state index in [1.807, 2.05) is 4.98 Å². The molecule has 76 heavy (non-hydrogen) atoms. The number of aromatic amines is 1. The van der Waals surface area contributed by atoms with Gasteiger partial charge >= 0.3 is 52.6 Å². The Morgan fingerprint density at radius 2 is 1.25 bits per heavy atom. The number of nitrogens with one attached hydrogen (secondary N) is 3. The second kappa shape index (κ2) is 30.6. The average Bonchev–Trinajstić information content (AvgIpc) is 3.66. The molecule has 2 heterocycles. The summed E-state index contributed by atoms with van der Waals surface area (Å²) in [5, 5.41) is 15.8. The molecule has 2 aromatic rings. The van der Waals surface area contributed by atoms with Crippen LogP contribution >= 0.6 is 46.9 Å². The first kappa shape index (κ1) is 66.6. The molecule has 3 rings (SSSR count). The van der Waals surface area contributed by atoms with Crippen LogP contribution in [0, 0.1) is 31.6 Å². The van der Waals surface area contributed by atoms with E-state index in [4.69, 9.17) is 32.8 Å². The summed E-state index contributed by atoms with van der Waals surface area (Å²) in [5.74, 6) is 4.92. The monoisotopic (exact) mass is 1200 g/mol. The van der Waals surface area contributed by atoms with Crippen LogP contribution in [0.25, 0.3) is 0 Å². The zero-order chi connectivity index (χ0) is 57.0. The summed E-state index contributed by atoms with van der Waals surface area (Å²) in [5.41, 5.74) is 5.05. The van der Waals surface area contributed by atoms with Crippen LogP contribution in [0.15, 0.2) is 27.9 Å². The van der Waals surface area contributed by atoms with Gasteiger partial charge in [-0.2, -0.15) is 21.6 Å². The highest BCUT2D eigenvalue weighted by Crippen LogP contribution is 2.75. The average molecular weight is 1200 g/mol. The van der Waals surface area contributed by atoms with E-state index in [2.05, 4.69) is 53.1 Å². The molecular weight excluding hydrogens is 1140 g/mol. The first-order chi connectivity index (χ1) is 35.4. The molecular formula is C38H59N5O27P6. The van der Waals surface area contributed by atoms with Gasteiger partial charge in [-0.3, -0.25) is 33.0 Å². The third-order valence-corrected chi connectivity index (χ3v) is 19.0. The lowest BCUT2D eigenvalue weighted by Gasteiger charge is -2.21. The Bertz CT molecular complexity index is 2780. The summed E-state index contributed by atoms with van der Waals surface area (Å²) < 4.78 is 119. The molecule has 0 bridgehead atoms. The van der Waals surface area contributed by atoms with Gasteiger partial charge in [-0.1, -0.05) is 31.1 Å². The van der Waals surface area contributed by atoms with Gasteiger partial charge in [0.15, 0.2) is 0 Å². The number of amides is 2.